The summed E-state index contributed by atoms with van der Waals surface area (Å²) in [5, 5.41) is 4.62. The predicted octanol–water partition coefficient (Wildman–Crippen LogP) is 16.1. The largest absolute Gasteiger partial charge is 0.309 e. The molecular weight excluding hydrogens is 827 g/mol. The van der Waals surface area contributed by atoms with Crippen LogP contribution in [0.2, 0.25) is 0 Å². The highest BCUT2D eigenvalue weighted by atomic mass is 15.2. The Hall–Kier alpha value is -9.19. The molecule has 68 heavy (non-hydrogen) atoms. The van der Waals surface area contributed by atoms with Crippen LogP contribution in [0.3, 0.4) is 0 Å². The SMILES string of the molecule is c1ccc(-c2ccc(-c3nc(-c4cccc(-c5ccccc5)c4)nc(-n4c5ccccc5c5cc6c7ccccc7n(-c7ccccc7-c7cccc(-c8ccccc8)c7)c6cc54)n3)cc2)cc1. The molecule has 0 saturated carbocycles. The molecule has 0 aliphatic rings. The first-order valence-electron chi connectivity index (χ1n) is 23.0. The Balaban J connectivity index is 1.05. The van der Waals surface area contributed by atoms with Crippen LogP contribution in [0.15, 0.2) is 249 Å². The lowest BCUT2D eigenvalue weighted by atomic mass is 9.98. The van der Waals surface area contributed by atoms with Crippen molar-refractivity contribution in [2.24, 2.45) is 0 Å². The second-order valence-electron chi connectivity index (χ2n) is 17.2. The molecule has 0 aliphatic carbocycles. The highest BCUT2D eigenvalue weighted by molar-refractivity contribution is 6.19. The Bertz CT molecular complexity index is 4000. The monoisotopic (exact) mass is 867 g/mol. The van der Waals surface area contributed by atoms with E-state index in [2.05, 4.69) is 246 Å². The normalized spacial score (nSPS) is 11.5. The zero-order chi connectivity index (χ0) is 45.0. The average molecular weight is 868 g/mol. The standard InChI is InChI=1S/C63H41N5/c1-4-18-42(19-5-1)45-34-36-46(37-35-45)61-64-62(50-27-17-25-48(39-50)44-22-8-3-9-23-44)66-63(65-61)68-58-33-15-12-30-53(58)55-40-54-52-29-11-14-32-57(52)67(59(54)41-60(55)68)56-31-13-10-28-51(56)49-26-16-24-47(38-49)43-20-6-2-7-21-43/h1-41H. The van der Waals surface area contributed by atoms with Crippen LogP contribution in [0.5, 0.6) is 0 Å². The highest BCUT2D eigenvalue weighted by Gasteiger charge is 2.22. The van der Waals surface area contributed by atoms with Crippen LogP contribution in [0.25, 0.3) is 123 Å². The molecule has 318 valence electrons. The van der Waals surface area contributed by atoms with Crippen LogP contribution in [0, 0.1) is 0 Å². The lowest BCUT2D eigenvalue weighted by Crippen LogP contribution is -2.06. The molecule has 5 heteroatoms. The zero-order valence-electron chi connectivity index (χ0n) is 36.9. The molecule has 0 bridgehead atoms. The topological polar surface area (TPSA) is 48.5 Å². The van der Waals surface area contributed by atoms with E-state index in [0.717, 1.165) is 83.0 Å². The first-order valence-corrected chi connectivity index (χ1v) is 23.0. The molecule has 5 nitrogen and oxygen atoms in total. The van der Waals surface area contributed by atoms with Crippen LogP contribution in [0.4, 0.5) is 0 Å². The van der Waals surface area contributed by atoms with Gasteiger partial charge in [0.25, 0.3) is 0 Å². The number of benzene rings is 10. The third-order valence-corrected chi connectivity index (χ3v) is 13.2. The minimum Gasteiger partial charge on any atom is -0.309 e. The molecule has 13 aromatic rings. The Morgan fingerprint density at radius 2 is 0.662 bits per heavy atom. The van der Waals surface area contributed by atoms with E-state index in [1.165, 1.54) is 21.9 Å². The van der Waals surface area contributed by atoms with Gasteiger partial charge in [-0.3, -0.25) is 4.57 Å². The molecule has 10 aromatic carbocycles. The maximum Gasteiger partial charge on any atom is 0.238 e. The number of nitrogens with zero attached hydrogens (tertiary/aromatic N) is 5. The summed E-state index contributed by atoms with van der Waals surface area (Å²) in [7, 11) is 0. The van der Waals surface area contributed by atoms with Crippen LogP contribution >= 0.6 is 0 Å². The Kier molecular flexibility index (Phi) is 9.43. The van der Waals surface area contributed by atoms with E-state index in [1.807, 2.05) is 12.1 Å². The summed E-state index contributed by atoms with van der Waals surface area (Å²) in [6, 6.07) is 88.2. The van der Waals surface area contributed by atoms with E-state index in [9.17, 15) is 0 Å². The summed E-state index contributed by atoms with van der Waals surface area (Å²) in [5.74, 6) is 1.75. The molecule has 0 spiro atoms. The molecule has 3 heterocycles. The molecule has 0 radical (unpaired) electrons. The fourth-order valence-corrected chi connectivity index (χ4v) is 9.95. The van der Waals surface area contributed by atoms with Crippen LogP contribution in [-0.2, 0) is 0 Å². The first-order chi connectivity index (χ1) is 33.7. The smallest absolute Gasteiger partial charge is 0.238 e. The summed E-state index contributed by atoms with van der Waals surface area (Å²) in [4.78, 5) is 16.0. The molecule has 0 unspecified atom stereocenters. The molecule has 0 atom stereocenters. The second kappa shape index (κ2) is 16.4. The average Bonchev–Trinajstić information content (AvgIpc) is 3.92. The van der Waals surface area contributed by atoms with Gasteiger partial charge in [0.1, 0.15) is 0 Å². The van der Waals surface area contributed by atoms with Crippen LogP contribution < -0.4 is 0 Å². The lowest BCUT2D eigenvalue weighted by molar-refractivity contribution is 0.953. The number of hydrogen-bond donors (Lipinski definition) is 0. The van der Waals surface area contributed by atoms with Crippen LogP contribution in [0.1, 0.15) is 0 Å². The summed E-state index contributed by atoms with van der Waals surface area (Å²) in [6.45, 7) is 0. The van der Waals surface area contributed by atoms with Gasteiger partial charge < -0.3 is 4.57 Å². The van der Waals surface area contributed by atoms with Gasteiger partial charge in [0.2, 0.25) is 5.95 Å². The van der Waals surface area contributed by atoms with E-state index in [4.69, 9.17) is 15.0 Å². The maximum absolute atomic E-state index is 5.40. The maximum atomic E-state index is 5.40. The van der Waals surface area contributed by atoms with E-state index in [-0.39, 0.29) is 0 Å². The van der Waals surface area contributed by atoms with Crippen molar-refractivity contribution in [3.05, 3.63) is 249 Å². The Morgan fingerprint density at radius 3 is 1.29 bits per heavy atom. The summed E-state index contributed by atoms with van der Waals surface area (Å²) in [6.07, 6.45) is 0. The Morgan fingerprint density at radius 1 is 0.235 bits per heavy atom. The van der Waals surface area contributed by atoms with Gasteiger partial charge in [0.05, 0.1) is 27.8 Å². The Labute approximate surface area is 393 Å². The van der Waals surface area contributed by atoms with Crippen LogP contribution in [-0.4, -0.2) is 24.1 Å². The van der Waals surface area contributed by atoms with Crippen molar-refractivity contribution < 1.29 is 0 Å². The van der Waals surface area contributed by atoms with Crippen molar-refractivity contribution >= 4 is 43.6 Å². The van der Waals surface area contributed by atoms with Gasteiger partial charge in [-0.1, -0.05) is 206 Å². The fourth-order valence-electron chi connectivity index (χ4n) is 9.95. The predicted molar refractivity (Wildman–Crippen MR) is 281 cm³/mol. The molecule has 0 aliphatic heterocycles. The van der Waals surface area contributed by atoms with Crippen molar-refractivity contribution in [3.63, 3.8) is 0 Å². The molecular formula is C63H41N5. The second-order valence-corrected chi connectivity index (χ2v) is 17.2. The van der Waals surface area contributed by atoms with Crippen molar-refractivity contribution in [1.82, 2.24) is 24.1 Å². The van der Waals surface area contributed by atoms with Crippen molar-refractivity contribution in [3.8, 4) is 78.9 Å². The zero-order valence-corrected chi connectivity index (χ0v) is 36.9. The number of hydrogen-bond acceptors (Lipinski definition) is 3. The molecule has 13 rings (SSSR count). The van der Waals surface area contributed by atoms with Gasteiger partial charge in [-0.2, -0.15) is 9.97 Å². The summed E-state index contributed by atoms with van der Waals surface area (Å²) < 4.78 is 4.67. The summed E-state index contributed by atoms with van der Waals surface area (Å²) >= 11 is 0. The number of rotatable bonds is 8. The van der Waals surface area contributed by atoms with Gasteiger partial charge >= 0.3 is 0 Å². The molecule has 0 fully saturated rings. The number of aromatic nitrogens is 5. The molecule has 3 aromatic heterocycles. The fraction of sp³-hybridized carbons (Fsp3) is 0. The van der Waals surface area contributed by atoms with E-state index in [0.29, 0.717) is 17.6 Å². The number of para-hydroxylation sites is 3. The van der Waals surface area contributed by atoms with Gasteiger partial charge in [-0.25, -0.2) is 4.98 Å². The molecule has 0 N–H and O–H groups in total. The van der Waals surface area contributed by atoms with Gasteiger partial charge in [0, 0.05) is 38.2 Å². The first kappa shape index (κ1) is 39.2. The van der Waals surface area contributed by atoms with Crippen molar-refractivity contribution in [1.29, 1.82) is 0 Å². The van der Waals surface area contributed by atoms with E-state index in [1.54, 1.807) is 0 Å². The van der Waals surface area contributed by atoms with E-state index >= 15 is 0 Å². The van der Waals surface area contributed by atoms with Gasteiger partial charge in [-0.15, -0.1) is 0 Å². The quantitative estimate of drug-likeness (QED) is 0.153. The molecule has 0 saturated heterocycles. The third-order valence-electron chi connectivity index (χ3n) is 13.2. The number of fused-ring (bicyclic) bond motifs is 6. The lowest BCUT2D eigenvalue weighted by Gasteiger charge is -2.15. The highest BCUT2D eigenvalue weighted by Crippen LogP contribution is 2.42. The van der Waals surface area contributed by atoms with Crippen molar-refractivity contribution in [2.75, 3.05) is 0 Å². The minimum atomic E-state index is 0.550. The third kappa shape index (κ3) is 6.76. The minimum absolute atomic E-state index is 0.550. The summed E-state index contributed by atoms with van der Waals surface area (Å²) in [5.41, 5.74) is 16.4. The van der Waals surface area contributed by atoms with Crippen molar-refractivity contribution in [2.45, 2.75) is 0 Å². The van der Waals surface area contributed by atoms with E-state index < -0.39 is 0 Å². The molecule has 0 amide bonds. The van der Waals surface area contributed by atoms with Gasteiger partial charge in [-0.05, 0) is 81.4 Å². The van der Waals surface area contributed by atoms with Gasteiger partial charge in [0.15, 0.2) is 11.6 Å².